The first-order valence-corrected chi connectivity index (χ1v) is 7.38. The molecule has 1 fully saturated rings. The van der Waals surface area contributed by atoms with Crippen molar-refractivity contribution >= 4 is 11.8 Å². The molecule has 1 aliphatic rings. The molecule has 2 amide bonds. The molecule has 1 aromatic carbocycles. The van der Waals surface area contributed by atoms with Crippen LogP contribution in [0.2, 0.25) is 0 Å². The van der Waals surface area contributed by atoms with Gasteiger partial charge in [-0.05, 0) is 12.5 Å². The third kappa shape index (κ3) is 3.15. The standard InChI is InChI=1S/C18H15N3O2.ClH/c1-12-5-7-13(8-6-12)15-14(11-19)17(22)20-18(23)16(15)21-9-3-2-4-10-21;/h2-10,14-16H,1H3;1H. The highest BCUT2D eigenvalue weighted by atomic mass is 35.5. The van der Waals surface area contributed by atoms with Crippen LogP contribution in [0.3, 0.4) is 0 Å². The van der Waals surface area contributed by atoms with Crippen LogP contribution in [-0.4, -0.2) is 11.8 Å². The fraction of sp³-hybridized carbons (Fsp3) is 0.222. The molecular weight excluding hydrogens is 326 g/mol. The van der Waals surface area contributed by atoms with E-state index < -0.39 is 23.8 Å². The Hall–Kier alpha value is -2.71. The number of carbonyl (C=O) groups excluding carboxylic acids is 2. The maximum absolute atomic E-state index is 12.5. The molecule has 3 unspecified atom stereocenters. The van der Waals surface area contributed by atoms with Crippen molar-refractivity contribution < 1.29 is 26.6 Å². The Morgan fingerprint density at radius 1 is 1.04 bits per heavy atom. The predicted molar refractivity (Wildman–Crippen MR) is 81.8 cm³/mol. The molecule has 0 spiro atoms. The number of amides is 2. The molecule has 2 aromatic rings. The number of carbonyl (C=O) groups is 2. The summed E-state index contributed by atoms with van der Waals surface area (Å²) in [5.74, 6) is -2.35. The Morgan fingerprint density at radius 3 is 2.25 bits per heavy atom. The molecule has 6 heteroatoms. The number of pyridine rings is 1. The van der Waals surface area contributed by atoms with E-state index in [1.165, 1.54) is 0 Å². The van der Waals surface area contributed by atoms with E-state index in [1.807, 2.05) is 49.4 Å². The number of hydrogen-bond donors (Lipinski definition) is 1. The third-order valence-electron chi connectivity index (χ3n) is 4.16. The summed E-state index contributed by atoms with van der Waals surface area (Å²) in [6, 6.07) is 14.5. The van der Waals surface area contributed by atoms with Gasteiger partial charge in [0.2, 0.25) is 11.9 Å². The van der Waals surface area contributed by atoms with Gasteiger partial charge in [-0.2, -0.15) is 9.83 Å². The highest BCUT2D eigenvalue weighted by Crippen LogP contribution is 2.36. The van der Waals surface area contributed by atoms with Gasteiger partial charge in [-0.25, -0.2) is 0 Å². The number of rotatable bonds is 2. The van der Waals surface area contributed by atoms with Crippen molar-refractivity contribution in [1.29, 1.82) is 5.26 Å². The van der Waals surface area contributed by atoms with Crippen LogP contribution < -0.4 is 22.3 Å². The topological polar surface area (TPSA) is 73.8 Å². The molecule has 24 heavy (non-hydrogen) atoms. The Labute approximate surface area is 146 Å². The maximum atomic E-state index is 12.5. The lowest BCUT2D eigenvalue weighted by Crippen LogP contribution is -3.00. The number of hydrogen-bond acceptors (Lipinski definition) is 3. The summed E-state index contributed by atoms with van der Waals surface area (Å²) in [5, 5.41) is 11.8. The second kappa shape index (κ2) is 7.24. The van der Waals surface area contributed by atoms with Crippen LogP contribution in [0.4, 0.5) is 0 Å². The van der Waals surface area contributed by atoms with Gasteiger partial charge >= 0.3 is 0 Å². The summed E-state index contributed by atoms with van der Waals surface area (Å²) in [5.41, 5.74) is 1.89. The number of aromatic nitrogens is 1. The fourth-order valence-electron chi connectivity index (χ4n) is 3.00. The molecule has 1 saturated heterocycles. The number of piperidine rings is 1. The zero-order valence-electron chi connectivity index (χ0n) is 13.0. The molecule has 0 bridgehead atoms. The quantitative estimate of drug-likeness (QED) is 0.528. The number of nitriles is 1. The molecule has 1 aromatic heterocycles. The van der Waals surface area contributed by atoms with Gasteiger partial charge < -0.3 is 12.4 Å². The Bertz CT molecular complexity index is 784. The molecule has 3 atom stereocenters. The van der Waals surface area contributed by atoms with Crippen LogP contribution in [0.1, 0.15) is 23.1 Å². The van der Waals surface area contributed by atoms with Gasteiger partial charge in [0.05, 0.1) is 12.0 Å². The van der Waals surface area contributed by atoms with Gasteiger partial charge in [0, 0.05) is 12.1 Å². The van der Waals surface area contributed by atoms with Gasteiger partial charge in [0.15, 0.2) is 12.4 Å². The lowest BCUT2D eigenvalue weighted by Gasteiger charge is -2.30. The second-order valence-corrected chi connectivity index (χ2v) is 5.66. The van der Waals surface area contributed by atoms with Crippen LogP contribution >= 0.6 is 0 Å². The fourth-order valence-corrected chi connectivity index (χ4v) is 3.00. The van der Waals surface area contributed by atoms with E-state index >= 15 is 0 Å². The van der Waals surface area contributed by atoms with Gasteiger partial charge in [0.25, 0.3) is 5.91 Å². The highest BCUT2D eigenvalue weighted by Gasteiger charge is 2.50. The van der Waals surface area contributed by atoms with Crippen molar-refractivity contribution in [3.05, 3.63) is 66.0 Å². The average Bonchev–Trinajstić information content (AvgIpc) is 2.56. The molecular formula is C18H16ClN3O2. The number of imide groups is 1. The van der Waals surface area contributed by atoms with Crippen LogP contribution in [0.25, 0.3) is 0 Å². The zero-order chi connectivity index (χ0) is 16.4. The van der Waals surface area contributed by atoms with E-state index in [0.29, 0.717) is 0 Å². The number of aryl methyl sites for hydroxylation is 1. The van der Waals surface area contributed by atoms with Crippen LogP contribution in [-0.2, 0) is 9.59 Å². The largest absolute Gasteiger partial charge is 1.00 e. The minimum Gasteiger partial charge on any atom is -1.00 e. The first kappa shape index (κ1) is 17.6. The minimum absolute atomic E-state index is 0. The number of nitrogens with one attached hydrogen (secondary N) is 1. The van der Waals surface area contributed by atoms with E-state index in [1.54, 1.807) is 17.0 Å². The van der Waals surface area contributed by atoms with E-state index in [0.717, 1.165) is 11.1 Å². The van der Waals surface area contributed by atoms with Gasteiger partial charge in [-0.1, -0.05) is 35.9 Å². The lowest BCUT2D eigenvalue weighted by molar-refractivity contribution is -0.713. The number of nitrogens with zero attached hydrogens (tertiary/aromatic N) is 2. The Morgan fingerprint density at radius 2 is 1.67 bits per heavy atom. The van der Waals surface area contributed by atoms with Crippen molar-refractivity contribution in [2.45, 2.75) is 18.9 Å². The van der Waals surface area contributed by atoms with Crippen molar-refractivity contribution in [3.63, 3.8) is 0 Å². The van der Waals surface area contributed by atoms with E-state index in [-0.39, 0.29) is 18.3 Å². The van der Waals surface area contributed by atoms with Gasteiger partial charge in [0.1, 0.15) is 5.92 Å². The molecule has 5 nitrogen and oxygen atoms in total. The summed E-state index contributed by atoms with van der Waals surface area (Å²) in [7, 11) is 0. The predicted octanol–water partition coefficient (Wildman–Crippen LogP) is -1.59. The van der Waals surface area contributed by atoms with Crippen LogP contribution in [0, 0.1) is 24.2 Å². The molecule has 1 N–H and O–H groups in total. The summed E-state index contributed by atoms with van der Waals surface area (Å²) in [6.07, 6.45) is 3.55. The first-order valence-electron chi connectivity index (χ1n) is 7.38. The van der Waals surface area contributed by atoms with Crippen molar-refractivity contribution in [1.82, 2.24) is 5.32 Å². The van der Waals surface area contributed by atoms with Crippen LogP contribution in [0.5, 0.6) is 0 Å². The summed E-state index contributed by atoms with van der Waals surface area (Å²) in [6.45, 7) is 1.97. The van der Waals surface area contributed by atoms with E-state index in [9.17, 15) is 14.9 Å². The molecule has 0 aliphatic carbocycles. The van der Waals surface area contributed by atoms with Gasteiger partial charge in [-0.3, -0.25) is 14.9 Å². The van der Waals surface area contributed by atoms with E-state index in [4.69, 9.17) is 0 Å². The SMILES string of the molecule is Cc1ccc(C2C(C#N)C(=O)NC(=O)C2[n+]2ccccc2)cc1.[Cl-]. The monoisotopic (exact) mass is 341 g/mol. The molecule has 122 valence electrons. The Balaban J connectivity index is 0.00000208. The molecule has 1 aliphatic heterocycles. The van der Waals surface area contributed by atoms with Crippen molar-refractivity contribution in [3.8, 4) is 6.07 Å². The normalized spacial score (nSPS) is 22.9. The summed E-state index contributed by atoms with van der Waals surface area (Å²) >= 11 is 0. The number of benzene rings is 1. The molecule has 3 rings (SSSR count). The van der Waals surface area contributed by atoms with Crippen LogP contribution in [0.15, 0.2) is 54.9 Å². The molecule has 0 saturated carbocycles. The van der Waals surface area contributed by atoms with Gasteiger partial charge in [-0.15, -0.1) is 0 Å². The summed E-state index contributed by atoms with van der Waals surface area (Å²) < 4.78 is 1.75. The smallest absolute Gasteiger partial charge is 0.296 e. The first-order chi connectivity index (χ1) is 11.1. The Kier molecular flexibility index (Phi) is 5.32. The minimum atomic E-state index is -0.909. The van der Waals surface area contributed by atoms with E-state index in [2.05, 4.69) is 11.4 Å². The maximum Gasteiger partial charge on any atom is 0.296 e. The third-order valence-corrected chi connectivity index (χ3v) is 4.16. The molecule has 0 radical (unpaired) electrons. The molecule has 2 heterocycles. The van der Waals surface area contributed by atoms with Crippen molar-refractivity contribution in [2.75, 3.05) is 0 Å². The summed E-state index contributed by atoms with van der Waals surface area (Å²) in [4.78, 5) is 24.6. The number of halogens is 1. The zero-order valence-corrected chi connectivity index (χ0v) is 13.8. The average molecular weight is 342 g/mol. The van der Waals surface area contributed by atoms with Crippen molar-refractivity contribution in [2.24, 2.45) is 5.92 Å². The second-order valence-electron chi connectivity index (χ2n) is 5.66. The highest BCUT2D eigenvalue weighted by molar-refractivity contribution is 6.02. The lowest BCUT2D eigenvalue weighted by atomic mass is 9.77.